The van der Waals surface area contributed by atoms with E-state index in [2.05, 4.69) is 20.9 Å². The van der Waals surface area contributed by atoms with E-state index in [1.54, 1.807) is 30.4 Å². The van der Waals surface area contributed by atoms with Gasteiger partial charge in [-0.05, 0) is 24.3 Å². The summed E-state index contributed by atoms with van der Waals surface area (Å²) in [6, 6.07) is 9.45. The Kier molecular flexibility index (Phi) is 3.65. The molecule has 0 fully saturated rings. The minimum Gasteiger partial charge on any atom is -0.397 e. The van der Waals surface area contributed by atoms with Crippen LogP contribution in [0, 0.1) is 0 Å². The number of fused-ring (bicyclic) bond motifs is 1. The Morgan fingerprint density at radius 3 is 2.81 bits per heavy atom. The molecule has 1 aromatic carbocycles. The molecule has 21 heavy (non-hydrogen) atoms. The number of thiophene rings is 1. The second-order valence-electron chi connectivity index (χ2n) is 4.53. The van der Waals surface area contributed by atoms with Crippen LogP contribution in [0.25, 0.3) is 10.1 Å². The fourth-order valence-corrected chi connectivity index (χ4v) is 3.95. The minimum absolute atomic E-state index is 0.131. The molecule has 2 aromatic heterocycles. The quantitative estimate of drug-likeness (QED) is 0.752. The zero-order chi connectivity index (χ0) is 15.0. The molecule has 0 unspecified atom stereocenters. The molecule has 0 aliphatic rings. The van der Waals surface area contributed by atoms with Crippen molar-refractivity contribution in [2.75, 3.05) is 17.7 Å². The lowest BCUT2D eigenvalue weighted by Gasteiger charge is -2.16. The molecule has 0 radical (unpaired) electrons. The van der Waals surface area contributed by atoms with Gasteiger partial charge in [0.05, 0.1) is 17.6 Å². The van der Waals surface area contributed by atoms with Crippen LogP contribution in [0.5, 0.6) is 0 Å². The first-order chi connectivity index (χ1) is 10.1. The van der Waals surface area contributed by atoms with Gasteiger partial charge in [-0.3, -0.25) is 9.78 Å². The van der Waals surface area contributed by atoms with Crippen molar-refractivity contribution >= 4 is 54.6 Å². The van der Waals surface area contributed by atoms with Crippen LogP contribution in [-0.4, -0.2) is 17.9 Å². The molecule has 2 N–H and O–H groups in total. The van der Waals surface area contributed by atoms with Crippen molar-refractivity contribution in [2.45, 2.75) is 0 Å². The average molecular weight is 362 g/mol. The van der Waals surface area contributed by atoms with E-state index in [1.165, 1.54) is 11.3 Å². The van der Waals surface area contributed by atoms with Gasteiger partial charge in [0.1, 0.15) is 4.88 Å². The number of halogens is 1. The van der Waals surface area contributed by atoms with Crippen LogP contribution >= 0.6 is 27.3 Å². The van der Waals surface area contributed by atoms with Crippen LogP contribution in [0.15, 0.2) is 47.2 Å². The fourth-order valence-electron chi connectivity index (χ4n) is 2.11. The molecule has 4 nitrogen and oxygen atoms in total. The van der Waals surface area contributed by atoms with Gasteiger partial charge < -0.3 is 10.6 Å². The Morgan fingerprint density at radius 2 is 2.14 bits per heavy atom. The summed E-state index contributed by atoms with van der Waals surface area (Å²) in [5.41, 5.74) is 7.43. The lowest BCUT2D eigenvalue weighted by atomic mass is 10.2. The molecule has 0 aliphatic heterocycles. The fraction of sp³-hybridized carbons (Fsp3) is 0.0667. The summed E-state index contributed by atoms with van der Waals surface area (Å²) >= 11 is 4.89. The molecule has 2 heterocycles. The van der Waals surface area contributed by atoms with Crippen LogP contribution in [0.4, 0.5) is 11.4 Å². The maximum absolute atomic E-state index is 12.7. The van der Waals surface area contributed by atoms with Crippen LogP contribution in [0.3, 0.4) is 0 Å². The Labute approximate surface area is 134 Å². The number of amides is 1. The lowest BCUT2D eigenvalue weighted by molar-refractivity contribution is 0.0997. The number of rotatable bonds is 2. The van der Waals surface area contributed by atoms with E-state index in [0.29, 0.717) is 10.6 Å². The Bertz CT molecular complexity index is 816. The zero-order valence-corrected chi connectivity index (χ0v) is 13.6. The smallest absolute Gasteiger partial charge is 0.270 e. The number of benzene rings is 1. The Balaban J connectivity index is 2.06. The number of nitrogens with two attached hydrogens (primary N) is 1. The molecular weight excluding hydrogens is 350 g/mol. The van der Waals surface area contributed by atoms with Gasteiger partial charge in [0.25, 0.3) is 5.91 Å². The third kappa shape index (κ3) is 2.41. The highest BCUT2D eigenvalue weighted by Crippen LogP contribution is 2.38. The average Bonchev–Trinajstić information content (AvgIpc) is 2.85. The van der Waals surface area contributed by atoms with E-state index in [-0.39, 0.29) is 5.91 Å². The first kappa shape index (κ1) is 14.0. The maximum atomic E-state index is 12.7. The summed E-state index contributed by atoms with van der Waals surface area (Å²) < 4.78 is 1.89. The van der Waals surface area contributed by atoms with Crippen LogP contribution in [0.2, 0.25) is 0 Å². The summed E-state index contributed by atoms with van der Waals surface area (Å²) in [5, 5.41) is 0.894. The number of pyridine rings is 1. The third-order valence-corrected chi connectivity index (χ3v) is 5.05. The van der Waals surface area contributed by atoms with Crippen LogP contribution in [-0.2, 0) is 0 Å². The summed E-state index contributed by atoms with van der Waals surface area (Å²) in [6.07, 6.45) is 3.32. The van der Waals surface area contributed by atoms with Gasteiger partial charge in [-0.25, -0.2) is 0 Å². The van der Waals surface area contributed by atoms with Gasteiger partial charge in [-0.1, -0.05) is 22.0 Å². The monoisotopic (exact) mass is 361 g/mol. The topological polar surface area (TPSA) is 59.2 Å². The molecule has 106 valence electrons. The van der Waals surface area contributed by atoms with Gasteiger partial charge in [-0.15, -0.1) is 11.3 Å². The minimum atomic E-state index is -0.131. The predicted octanol–water partition coefficient (Wildman–Crippen LogP) is 3.92. The highest BCUT2D eigenvalue weighted by atomic mass is 79.9. The number of carbonyl (C=O) groups excluding carboxylic acids is 1. The summed E-state index contributed by atoms with van der Waals surface area (Å²) in [6.45, 7) is 0. The first-order valence-electron chi connectivity index (χ1n) is 6.24. The van der Waals surface area contributed by atoms with E-state index < -0.39 is 0 Å². The van der Waals surface area contributed by atoms with Gasteiger partial charge in [0.2, 0.25) is 0 Å². The molecule has 0 atom stereocenters. The second kappa shape index (κ2) is 5.46. The SMILES string of the molecule is CN(C(=O)c1sc2cccc(Br)c2c1N)c1cccnc1. The third-order valence-electron chi connectivity index (χ3n) is 3.23. The molecule has 1 amide bonds. The predicted molar refractivity (Wildman–Crippen MR) is 90.9 cm³/mol. The molecule has 3 rings (SSSR count). The van der Waals surface area contributed by atoms with Gasteiger partial charge >= 0.3 is 0 Å². The molecule has 0 saturated heterocycles. The molecule has 0 aliphatic carbocycles. The molecule has 0 saturated carbocycles. The molecule has 0 spiro atoms. The Morgan fingerprint density at radius 1 is 1.33 bits per heavy atom. The number of nitrogen functional groups attached to an aromatic ring is 1. The van der Waals surface area contributed by atoms with Crippen molar-refractivity contribution in [2.24, 2.45) is 0 Å². The summed E-state index contributed by atoms with van der Waals surface area (Å²) in [4.78, 5) is 18.8. The second-order valence-corrected chi connectivity index (χ2v) is 6.44. The van der Waals surface area contributed by atoms with Crippen LogP contribution < -0.4 is 10.6 Å². The normalized spacial score (nSPS) is 10.8. The van der Waals surface area contributed by atoms with E-state index in [9.17, 15) is 4.79 Å². The van der Waals surface area contributed by atoms with Crippen molar-refractivity contribution in [1.29, 1.82) is 0 Å². The van der Waals surface area contributed by atoms with Crippen molar-refractivity contribution in [1.82, 2.24) is 4.98 Å². The zero-order valence-electron chi connectivity index (χ0n) is 11.2. The highest BCUT2D eigenvalue weighted by molar-refractivity contribution is 9.10. The van der Waals surface area contributed by atoms with E-state index >= 15 is 0 Å². The number of nitrogens with zero attached hydrogens (tertiary/aromatic N) is 2. The molecule has 6 heteroatoms. The Hall–Kier alpha value is -1.92. The van der Waals surface area contributed by atoms with Crippen molar-refractivity contribution in [3.05, 3.63) is 52.1 Å². The number of anilines is 2. The largest absolute Gasteiger partial charge is 0.397 e. The molecule has 0 bridgehead atoms. The highest BCUT2D eigenvalue weighted by Gasteiger charge is 2.21. The first-order valence-corrected chi connectivity index (χ1v) is 7.85. The maximum Gasteiger partial charge on any atom is 0.270 e. The number of hydrogen-bond acceptors (Lipinski definition) is 4. The number of hydrogen-bond donors (Lipinski definition) is 1. The molecular formula is C15H12BrN3OS. The van der Waals surface area contributed by atoms with E-state index in [4.69, 9.17) is 5.73 Å². The van der Waals surface area contributed by atoms with Crippen molar-refractivity contribution < 1.29 is 4.79 Å². The van der Waals surface area contributed by atoms with Crippen LogP contribution in [0.1, 0.15) is 9.67 Å². The standard InChI is InChI=1S/C15H12BrN3OS/c1-19(9-4-3-7-18-8-9)15(20)14-13(17)12-10(16)5-2-6-11(12)21-14/h2-8H,17H2,1H3. The van der Waals surface area contributed by atoms with Crippen molar-refractivity contribution in [3.8, 4) is 0 Å². The van der Waals surface area contributed by atoms with Gasteiger partial charge in [-0.2, -0.15) is 0 Å². The summed E-state index contributed by atoms with van der Waals surface area (Å²) in [5.74, 6) is -0.131. The van der Waals surface area contributed by atoms with E-state index in [0.717, 1.165) is 20.2 Å². The number of aromatic nitrogens is 1. The number of carbonyl (C=O) groups is 1. The van der Waals surface area contributed by atoms with Gasteiger partial charge in [0, 0.05) is 27.8 Å². The van der Waals surface area contributed by atoms with Gasteiger partial charge in [0.15, 0.2) is 0 Å². The summed E-state index contributed by atoms with van der Waals surface area (Å²) in [7, 11) is 1.72. The molecule has 3 aromatic rings. The lowest BCUT2D eigenvalue weighted by Crippen LogP contribution is -2.26. The van der Waals surface area contributed by atoms with E-state index in [1.807, 2.05) is 24.3 Å². The van der Waals surface area contributed by atoms with Crippen molar-refractivity contribution in [3.63, 3.8) is 0 Å².